The van der Waals surface area contributed by atoms with Crippen LogP contribution >= 0.6 is 22.9 Å². The van der Waals surface area contributed by atoms with Crippen molar-refractivity contribution < 1.29 is 13.9 Å². The molecule has 0 saturated carbocycles. The van der Waals surface area contributed by atoms with Gasteiger partial charge in [-0.1, -0.05) is 30.7 Å². The number of benzene rings is 2. The van der Waals surface area contributed by atoms with Gasteiger partial charge in [0.25, 0.3) is 0 Å². The number of thiophene rings is 1. The molecule has 0 spiro atoms. The summed E-state index contributed by atoms with van der Waals surface area (Å²) in [5.74, 6) is 2.53. The van der Waals surface area contributed by atoms with Crippen LogP contribution in [0.1, 0.15) is 49.4 Å². The minimum atomic E-state index is -0.298. The van der Waals surface area contributed by atoms with Gasteiger partial charge in [0.05, 0.1) is 22.6 Å². The third-order valence-corrected chi connectivity index (χ3v) is 11.9. The lowest BCUT2D eigenvalue weighted by Crippen LogP contribution is -2.46. The van der Waals surface area contributed by atoms with E-state index in [0.29, 0.717) is 23.2 Å². The SMILES string of the molecule is CC1CCN(CC(=O)N2CCC(Cn3cc4c(n3)CCc3c-4sc4ncnc(Nc5ccc(OCc6cccc(F)c6)c(Cl)c5)c34)CC2)CC1. The molecule has 2 aromatic carbocycles. The fraction of sp³-hybridized carbons (Fsp3) is 0.421. The van der Waals surface area contributed by atoms with Gasteiger partial charge in [-0.15, -0.1) is 11.3 Å². The van der Waals surface area contributed by atoms with Gasteiger partial charge in [-0.05, 0) is 105 Å². The standard InChI is InChI=1S/C38H41ClFN7O2S/c1-24-9-13-45(14-10-24)21-34(48)46-15-11-25(12-16-46)19-47-20-30-32(44-47)7-6-29-35-37(41-23-42-38(35)50-36(29)30)43-28-5-8-33(31(39)18-28)49-22-26-3-2-4-27(40)17-26/h2-5,8,17-18,20,23-25H,6-7,9-16,19,21-22H2,1H3,(H,41,42,43). The first-order valence-electron chi connectivity index (χ1n) is 17.6. The molecule has 12 heteroatoms. The van der Waals surface area contributed by atoms with Crippen LogP contribution < -0.4 is 10.1 Å². The Labute approximate surface area is 300 Å². The molecule has 50 heavy (non-hydrogen) atoms. The summed E-state index contributed by atoms with van der Waals surface area (Å²) < 4.78 is 21.6. The zero-order chi connectivity index (χ0) is 34.2. The van der Waals surface area contributed by atoms with E-state index in [2.05, 4.69) is 42.9 Å². The molecule has 260 valence electrons. The molecule has 2 aliphatic heterocycles. The third-order valence-electron chi connectivity index (χ3n) is 10.4. The van der Waals surface area contributed by atoms with E-state index in [1.54, 1.807) is 23.7 Å². The van der Waals surface area contributed by atoms with Crippen molar-refractivity contribution in [1.29, 1.82) is 0 Å². The molecule has 5 aromatic rings. The van der Waals surface area contributed by atoms with Crippen molar-refractivity contribution in [1.82, 2.24) is 29.5 Å². The molecular formula is C38H41ClFN7O2S. The van der Waals surface area contributed by atoms with E-state index in [0.717, 1.165) is 97.3 Å². The average Bonchev–Trinajstić information content (AvgIpc) is 3.71. The van der Waals surface area contributed by atoms with Crippen molar-refractivity contribution in [2.24, 2.45) is 11.8 Å². The number of nitrogens with zero attached hydrogens (tertiary/aromatic N) is 6. The van der Waals surface area contributed by atoms with Crippen molar-refractivity contribution in [2.75, 3.05) is 38.0 Å². The van der Waals surface area contributed by atoms with E-state index in [-0.39, 0.29) is 18.3 Å². The molecule has 1 N–H and O–H groups in total. The van der Waals surface area contributed by atoms with Crippen molar-refractivity contribution in [3.63, 3.8) is 0 Å². The monoisotopic (exact) mass is 713 g/mol. The highest BCUT2D eigenvalue weighted by molar-refractivity contribution is 7.22. The zero-order valence-corrected chi connectivity index (χ0v) is 29.8. The molecule has 3 aromatic heterocycles. The number of amides is 1. The van der Waals surface area contributed by atoms with Crippen LogP contribution in [0.4, 0.5) is 15.9 Å². The second-order valence-corrected chi connectivity index (χ2v) is 15.4. The lowest BCUT2D eigenvalue weighted by molar-refractivity contribution is -0.134. The van der Waals surface area contributed by atoms with E-state index in [4.69, 9.17) is 21.4 Å². The molecule has 9 nitrogen and oxygen atoms in total. The Morgan fingerprint density at radius 2 is 1.90 bits per heavy atom. The second kappa shape index (κ2) is 14.3. The molecule has 2 saturated heterocycles. The van der Waals surface area contributed by atoms with Crippen LogP contribution in [-0.2, 0) is 30.8 Å². The Morgan fingerprint density at radius 3 is 2.70 bits per heavy atom. The summed E-state index contributed by atoms with van der Waals surface area (Å²) in [5.41, 5.74) is 5.08. The van der Waals surface area contributed by atoms with E-state index in [9.17, 15) is 9.18 Å². The lowest BCUT2D eigenvalue weighted by Gasteiger charge is -2.35. The Balaban J connectivity index is 0.921. The number of carbonyl (C=O) groups excluding carboxylic acids is 1. The summed E-state index contributed by atoms with van der Waals surface area (Å²) in [6.07, 6.45) is 9.94. The number of ether oxygens (including phenoxy) is 1. The molecule has 2 fully saturated rings. The molecule has 0 atom stereocenters. The van der Waals surface area contributed by atoms with Crippen LogP contribution in [0.3, 0.4) is 0 Å². The van der Waals surface area contributed by atoms with Crippen LogP contribution in [0.5, 0.6) is 5.75 Å². The summed E-state index contributed by atoms with van der Waals surface area (Å²) in [6.45, 7) is 7.71. The summed E-state index contributed by atoms with van der Waals surface area (Å²) in [6, 6.07) is 11.9. The fourth-order valence-corrected chi connectivity index (χ4v) is 8.93. The number of fused-ring (bicyclic) bond motifs is 5. The molecule has 0 radical (unpaired) electrons. The number of halogens is 2. The van der Waals surface area contributed by atoms with Gasteiger partial charge in [0.15, 0.2) is 0 Å². The number of rotatable bonds is 9. The first-order chi connectivity index (χ1) is 24.4. The molecule has 0 unspecified atom stereocenters. The number of carbonyl (C=O) groups is 1. The largest absolute Gasteiger partial charge is 0.487 e. The Bertz CT molecular complexity index is 2020. The van der Waals surface area contributed by atoms with Crippen LogP contribution in [0, 0.1) is 17.7 Å². The fourth-order valence-electron chi connectivity index (χ4n) is 7.48. The van der Waals surface area contributed by atoms with Gasteiger partial charge in [0, 0.05) is 42.0 Å². The van der Waals surface area contributed by atoms with E-state index < -0.39 is 0 Å². The predicted octanol–water partition coefficient (Wildman–Crippen LogP) is 7.74. The van der Waals surface area contributed by atoms with Crippen LogP contribution in [0.25, 0.3) is 20.7 Å². The molecule has 3 aliphatic rings. The summed E-state index contributed by atoms with van der Waals surface area (Å²) in [4.78, 5) is 28.8. The summed E-state index contributed by atoms with van der Waals surface area (Å²) >= 11 is 8.29. The average molecular weight is 714 g/mol. The Hall–Kier alpha value is -4.06. The van der Waals surface area contributed by atoms with Crippen molar-refractivity contribution >= 4 is 50.6 Å². The summed E-state index contributed by atoms with van der Waals surface area (Å²) in [5, 5.41) is 9.99. The van der Waals surface area contributed by atoms with Crippen LogP contribution in [-0.4, -0.2) is 68.2 Å². The van der Waals surface area contributed by atoms with Crippen molar-refractivity contribution in [2.45, 2.75) is 58.6 Å². The van der Waals surface area contributed by atoms with Gasteiger partial charge in [0.2, 0.25) is 5.91 Å². The van der Waals surface area contributed by atoms with Gasteiger partial charge in [-0.25, -0.2) is 14.4 Å². The highest BCUT2D eigenvalue weighted by Crippen LogP contribution is 2.45. The number of likely N-dealkylation sites (tertiary alicyclic amines) is 2. The first kappa shape index (κ1) is 33.1. The highest BCUT2D eigenvalue weighted by atomic mass is 35.5. The Kier molecular flexibility index (Phi) is 9.46. The number of aromatic nitrogens is 4. The maximum absolute atomic E-state index is 13.6. The molecule has 5 heterocycles. The normalized spacial score (nSPS) is 17.1. The smallest absolute Gasteiger partial charge is 0.236 e. The van der Waals surface area contributed by atoms with Crippen molar-refractivity contribution in [3.05, 3.63) is 82.6 Å². The molecule has 1 aliphatic carbocycles. The van der Waals surface area contributed by atoms with Gasteiger partial charge in [0.1, 0.15) is 35.1 Å². The number of hydrogen-bond acceptors (Lipinski definition) is 8. The molecule has 1 amide bonds. The number of nitrogens with one attached hydrogen (secondary N) is 1. The molecule has 8 rings (SSSR count). The van der Waals surface area contributed by atoms with E-state index in [1.807, 2.05) is 24.3 Å². The minimum Gasteiger partial charge on any atom is -0.487 e. The van der Waals surface area contributed by atoms with E-state index in [1.165, 1.54) is 41.0 Å². The summed E-state index contributed by atoms with van der Waals surface area (Å²) in [7, 11) is 0. The third kappa shape index (κ3) is 7.08. The topological polar surface area (TPSA) is 88.4 Å². The molecule has 0 bridgehead atoms. The van der Waals surface area contributed by atoms with E-state index >= 15 is 0 Å². The van der Waals surface area contributed by atoms with Gasteiger partial charge < -0.3 is 15.0 Å². The van der Waals surface area contributed by atoms with Gasteiger partial charge in [-0.3, -0.25) is 14.4 Å². The van der Waals surface area contributed by atoms with Gasteiger partial charge in [-0.2, -0.15) is 5.10 Å². The van der Waals surface area contributed by atoms with Gasteiger partial charge >= 0.3 is 0 Å². The highest BCUT2D eigenvalue weighted by Gasteiger charge is 2.29. The van der Waals surface area contributed by atoms with Crippen LogP contribution in [0.15, 0.2) is 55.0 Å². The predicted molar refractivity (Wildman–Crippen MR) is 196 cm³/mol. The quantitative estimate of drug-likeness (QED) is 0.167. The number of hydrogen-bond donors (Lipinski definition) is 1. The van der Waals surface area contributed by atoms with Crippen LogP contribution in [0.2, 0.25) is 5.02 Å². The molecular weight excluding hydrogens is 673 g/mol. The lowest BCUT2D eigenvalue weighted by atomic mass is 9.95. The van der Waals surface area contributed by atoms with Crippen molar-refractivity contribution in [3.8, 4) is 16.2 Å². The zero-order valence-electron chi connectivity index (χ0n) is 28.2. The second-order valence-electron chi connectivity index (χ2n) is 14.0. The minimum absolute atomic E-state index is 0.217. The maximum Gasteiger partial charge on any atom is 0.236 e. The number of piperidine rings is 2. The first-order valence-corrected chi connectivity index (χ1v) is 18.8. The Morgan fingerprint density at radius 1 is 1.06 bits per heavy atom. The number of anilines is 2. The number of aryl methyl sites for hydroxylation is 2. The maximum atomic E-state index is 13.6.